The Morgan fingerprint density at radius 3 is 1.12 bits per heavy atom. The Morgan fingerprint density at radius 2 is 0.750 bits per heavy atom. The van der Waals surface area contributed by atoms with Gasteiger partial charge in [-0.05, 0) is 103 Å². The van der Waals surface area contributed by atoms with Crippen LogP contribution in [0.2, 0.25) is 0 Å². The van der Waals surface area contributed by atoms with Crippen LogP contribution in [-0.4, -0.2) is 70.0 Å². The molecule has 0 aromatic heterocycles. The summed E-state index contributed by atoms with van der Waals surface area (Å²) in [5, 5.41) is 0. The Bertz CT molecular complexity index is 1840. The van der Waals surface area contributed by atoms with Crippen molar-refractivity contribution in [3.8, 4) is 0 Å². The average Bonchev–Trinajstić information content (AvgIpc) is 3.38. The number of quaternary nitrogens is 1. The Hall–Kier alpha value is -4.37. The van der Waals surface area contributed by atoms with Crippen molar-refractivity contribution >= 4 is 19.8 Å². The number of ether oxygens (including phenoxy) is 2. The molecule has 0 fully saturated rings. The largest absolute Gasteiger partial charge is 0.756 e. The van der Waals surface area contributed by atoms with Crippen LogP contribution in [0.5, 0.6) is 0 Å². The molecule has 0 heterocycles. The molecule has 76 heavy (non-hydrogen) atoms. The number of unbranched alkanes of at least 4 members (excludes halogenated alkanes) is 12. The quantitative estimate of drug-likeness (QED) is 0.0195. The van der Waals surface area contributed by atoms with E-state index in [1.54, 1.807) is 6.08 Å². The SMILES string of the molecule is CC/C=C\C/C=C\C/C=C\C/C=C\C/C=C\C/C=C\C/C=C\C/C=C\CCCCCCCCCCCCCCC(=O)OC(COC(=O)C/C=C\C/C=C\C/C=C\C/C=C\C/C=C\CC)COP(=O)([O-])OCC[N+](C)(C)C. The molecule has 2 unspecified atom stereocenters. The number of carbonyl (C=O) groups is 2. The number of phosphoric acid groups is 1. The standard InChI is InChI=1S/C66H106NO8P/c1-6-8-10-12-14-16-18-20-22-23-24-25-26-27-28-29-30-31-32-33-34-35-36-37-38-39-40-41-42-43-45-47-49-51-53-55-57-59-66(69)75-64(63-74-76(70,71)73-61-60-67(3,4)5)62-72-65(68)58-56-54-52-50-48-46-44-21-19-17-15-13-11-9-7-2/h8-11,14-17,20-22,24-25,27-28,30-31,33-34,36-37,44,48,50,54,56,64H,6-7,12-13,18-19,23,26,29,32,35,38-43,45-47,49,51-53,55,57-63H2,1-5H3/b10-8-,11-9-,16-14-,17-15-,22-20-,25-24-,28-27-,31-30-,34-33-,37-36-,44-21-,50-48-,56-54-. The predicted octanol–water partition coefficient (Wildman–Crippen LogP) is 17.8. The van der Waals surface area contributed by atoms with E-state index in [1.165, 1.54) is 51.4 Å². The Morgan fingerprint density at radius 1 is 0.421 bits per heavy atom. The van der Waals surface area contributed by atoms with Crippen molar-refractivity contribution in [1.29, 1.82) is 0 Å². The monoisotopic (exact) mass is 1070 g/mol. The number of phosphoric ester groups is 1. The summed E-state index contributed by atoms with van der Waals surface area (Å²) in [4.78, 5) is 37.7. The molecule has 9 nitrogen and oxygen atoms in total. The van der Waals surface area contributed by atoms with Crippen molar-refractivity contribution < 1.29 is 42.1 Å². The molecule has 0 saturated carbocycles. The second-order valence-corrected chi connectivity index (χ2v) is 21.3. The van der Waals surface area contributed by atoms with Gasteiger partial charge in [0, 0.05) is 6.42 Å². The first-order valence-corrected chi connectivity index (χ1v) is 30.7. The number of nitrogens with zero attached hydrogens (tertiary/aromatic N) is 1. The van der Waals surface area contributed by atoms with Gasteiger partial charge in [0.2, 0.25) is 0 Å². The zero-order chi connectivity index (χ0) is 55.6. The highest BCUT2D eigenvalue weighted by Crippen LogP contribution is 2.38. The molecule has 0 N–H and O–H groups in total. The maximum atomic E-state index is 12.8. The maximum Gasteiger partial charge on any atom is 0.309 e. The second-order valence-electron chi connectivity index (χ2n) is 19.9. The molecule has 0 amide bonds. The van der Waals surface area contributed by atoms with E-state index in [2.05, 4.69) is 154 Å². The van der Waals surface area contributed by atoms with Gasteiger partial charge >= 0.3 is 11.9 Å². The highest BCUT2D eigenvalue weighted by molar-refractivity contribution is 7.45. The minimum absolute atomic E-state index is 0.0362. The van der Waals surface area contributed by atoms with Crippen LogP contribution in [0.3, 0.4) is 0 Å². The van der Waals surface area contributed by atoms with E-state index in [-0.39, 0.29) is 26.1 Å². The fraction of sp³-hybridized carbons (Fsp3) is 0.576. The summed E-state index contributed by atoms with van der Waals surface area (Å²) in [6.07, 6.45) is 83.3. The highest BCUT2D eigenvalue weighted by atomic mass is 31.2. The number of allylic oxidation sites excluding steroid dienone is 25. The molecule has 0 spiro atoms. The van der Waals surface area contributed by atoms with E-state index in [0.29, 0.717) is 23.9 Å². The third-order valence-corrected chi connectivity index (χ3v) is 12.5. The molecule has 0 radical (unpaired) electrons. The van der Waals surface area contributed by atoms with Crippen molar-refractivity contribution in [3.05, 3.63) is 158 Å². The van der Waals surface area contributed by atoms with E-state index in [0.717, 1.165) is 103 Å². The minimum Gasteiger partial charge on any atom is -0.756 e. The summed E-state index contributed by atoms with van der Waals surface area (Å²) < 4.78 is 33.9. The van der Waals surface area contributed by atoms with Crippen LogP contribution in [0.1, 0.15) is 194 Å². The van der Waals surface area contributed by atoms with Crippen LogP contribution in [0.25, 0.3) is 0 Å². The van der Waals surface area contributed by atoms with Crippen LogP contribution in [0.15, 0.2) is 158 Å². The van der Waals surface area contributed by atoms with E-state index in [9.17, 15) is 19.0 Å². The molecule has 0 bridgehead atoms. The lowest BCUT2D eigenvalue weighted by molar-refractivity contribution is -0.870. The summed E-state index contributed by atoms with van der Waals surface area (Å²) in [6.45, 7) is 3.86. The fourth-order valence-electron chi connectivity index (χ4n) is 7.16. The van der Waals surface area contributed by atoms with Crippen molar-refractivity contribution in [2.24, 2.45) is 0 Å². The maximum absolute atomic E-state index is 12.8. The molecule has 428 valence electrons. The van der Waals surface area contributed by atoms with Crippen molar-refractivity contribution in [2.75, 3.05) is 47.5 Å². The molecular formula is C66H106NO8P. The number of esters is 2. The molecule has 10 heteroatoms. The van der Waals surface area contributed by atoms with E-state index >= 15 is 0 Å². The normalized spacial score (nSPS) is 14.4. The molecule has 0 saturated heterocycles. The third kappa shape index (κ3) is 58.9. The van der Waals surface area contributed by atoms with Crippen LogP contribution >= 0.6 is 7.82 Å². The number of carbonyl (C=O) groups excluding carboxylic acids is 2. The number of rotatable bonds is 51. The van der Waals surface area contributed by atoms with Gasteiger partial charge < -0.3 is 27.9 Å². The van der Waals surface area contributed by atoms with Crippen LogP contribution in [0.4, 0.5) is 0 Å². The van der Waals surface area contributed by atoms with Gasteiger partial charge in [0.25, 0.3) is 7.82 Å². The summed E-state index contributed by atoms with van der Waals surface area (Å²) in [5.41, 5.74) is 0. The lowest BCUT2D eigenvalue weighted by Gasteiger charge is -2.28. The van der Waals surface area contributed by atoms with Gasteiger partial charge in [-0.25, -0.2) is 0 Å². The van der Waals surface area contributed by atoms with Crippen LogP contribution in [0, 0.1) is 0 Å². The topological polar surface area (TPSA) is 111 Å². The average molecular weight is 1070 g/mol. The molecular weight excluding hydrogens is 966 g/mol. The second kappa shape index (κ2) is 55.4. The number of hydrogen-bond acceptors (Lipinski definition) is 8. The summed E-state index contributed by atoms with van der Waals surface area (Å²) in [7, 11) is 1.10. The molecule has 0 aliphatic heterocycles. The van der Waals surface area contributed by atoms with Gasteiger partial charge in [-0.3, -0.25) is 14.2 Å². The van der Waals surface area contributed by atoms with Gasteiger partial charge in [0.05, 0.1) is 34.2 Å². The lowest BCUT2D eigenvalue weighted by atomic mass is 10.0. The highest BCUT2D eigenvalue weighted by Gasteiger charge is 2.21. The molecule has 0 rings (SSSR count). The van der Waals surface area contributed by atoms with Crippen molar-refractivity contribution in [3.63, 3.8) is 0 Å². The Balaban J connectivity index is 4.16. The fourth-order valence-corrected chi connectivity index (χ4v) is 7.88. The first kappa shape index (κ1) is 71.6. The van der Waals surface area contributed by atoms with Gasteiger partial charge in [-0.15, -0.1) is 0 Å². The minimum atomic E-state index is -4.66. The molecule has 0 aromatic rings. The van der Waals surface area contributed by atoms with Gasteiger partial charge in [-0.1, -0.05) is 236 Å². The van der Waals surface area contributed by atoms with Crippen molar-refractivity contribution in [2.45, 2.75) is 200 Å². The third-order valence-electron chi connectivity index (χ3n) is 11.6. The van der Waals surface area contributed by atoms with Gasteiger partial charge in [0.15, 0.2) is 6.10 Å². The summed E-state index contributed by atoms with van der Waals surface area (Å²) in [6, 6.07) is 0. The molecule has 0 aromatic carbocycles. The zero-order valence-electron chi connectivity index (χ0n) is 48.4. The zero-order valence-corrected chi connectivity index (χ0v) is 49.3. The Labute approximate surface area is 465 Å². The Kier molecular flexibility index (Phi) is 52.2. The van der Waals surface area contributed by atoms with E-state index in [1.807, 2.05) is 33.3 Å². The first-order chi connectivity index (χ1) is 37.0. The number of likely N-dealkylation sites (N-methyl/N-ethyl adjacent to an activating group) is 1. The lowest BCUT2D eigenvalue weighted by Crippen LogP contribution is -2.37. The van der Waals surface area contributed by atoms with Crippen LogP contribution < -0.4 is 4.89 Å². The summed E-state index contributed by atoms with van der Waals surface area (Å²) in [5.74, 6) is -0.996. The van der Waals surface area contributed by atoms with Gasteiger partial charge in [0.1, 0.15) is 19.8 Å². The van der Waals surface area contributed by atoms with E-state index in [4.69, 9.17) is 18.5 Å². The molecule has 0 aliphatic carbocycles. The summed E-state index contributed by atoms with van der Waals surface area (Å²) >= 11 is 0. The molecule has 2 atom stereocenters. The number of hydrogen-bond donors (Lipinski definition) is 0. The first-order valence-electron chi connectivity index (χ1n) is 29.2. The van der Waals surface area contributed by atoms with Crippen LogP contribution in [-0.2, 0) is 32.7 Å². The van der Waals surface area contributed by atoms with Gasteiger partial charge in [-0.2, -0.15) is 0 Å². The molecule has 0 aliphatic rings. The van der Waals surface area contributed by atoms with Crippen molar-refractivity contribution in [1.82, 2.24) is 0 Å². The smallest absolute Gasteiger partial charge is 0.309 e. The predicted molar refractivity (Wildman–Crippen MR) is 323 cm³/mol. The van der Waals surface area contributed by atoms with E-state index < -0.39 is 32.5 Å².